The average Bonchev–Trinajstić information content (AvgIpc) is 3.05. The second-order valence-electron chi connectivity index (χ2n) is 10.8. The van der Waals surface area contributed by atoms with Gasteiger partial charge in [-0.3, -0.25) is 13.9 Å². The highest BCUT2D eigenvalue weighted by atomic mass is 79.9. The van der Waals surface area contributed by atoms with Gasteiger partial charge in [-0.05, 0) is 82.9 Å². The van der Waals surface area contributed by atoms with Crippen LogP contribution in [-0.4, -0.2) is 51.4 Å². The Morgan fingerprint density at radius 1 is 0.935 bits per heavy atom. The van der Waals surface area contributed by atoms with Gasteiger partial charge in [0.2, 0.25) is 11.8 Å². The summed E-state index contributed by atoms with van der Waals surface area (Å²) in [4.78, 5) is 29.7. The number of nitrogens with one attached hydrogen (secondary N) is 1. The van der Waals surface area contributed by atoms with E-state index in [1.165, 1.54) is 24.1 Å². The Morgan fingerprint density at radius 2 is 1.63 bits per heavy atom. The summed E-state index contributed by atoms with van der Waals surface area (Å²) in [5, 5.41) is 3.42. The van der Waals surface area contributed by atoms with Gasteiger partial charge in [-0.1, -0.05) is 78.7 Å². The summed E-state index contributed by atoms with van der Waals surface area (Å²) in [6, 6.07) is 26.9. The first-order valence-electron chi connectivity index (χ1n) is 14.8. The fourth-order valence-electron chi connectivity index (χ4n) is 4.93. The molecule has 0 radical (unpaired) electrons. The van der Waals surface area contributed by atoms with Crippen LogP contribution in [0.15, 0.2) is 106 Å². The van der Waals surface area contributed by atoms with Crippen molar-refractivity contribution >= 4 is 55.1 Å². The quantitative estimate of drug-likeness (QED) is 0.155. The molecule has 0 spiro atoms. The van der Waals surface area contributed by atoms with E-state index in [4.69, 9.17) is 16.3 Å². The maximum atomic E-state index is 14.5. The normalized spacial score (nSPS) is 11.8. The standard InChI is InChI=1S/C35H37BrClN3O5S/c1-4-19-38-35(42)32(21-26-9-6-5-7-10-26)39(23-27-11-8-12-28(37)20-27)34(41)24-40(29-15-13-25(2)14-16-29)46(43,44)30-17-18-33(45-3)31(36)22-30/h5-18,20,22,32H,4,19,21,23-24H2,1-3H3,(H,38,42)/t32-/m1/s1. The van der Waals surface area contributed by atoms with Crippen LogP contribution in [0.1, 0.15) is 30.0 Å². The van der Waals surface area contributed by atoms with Crippen LogP contribution in [0.25, 0.3) is 0 Å². The van der Waals surface area contributed by atoms with Crippen LogP contribution in [0, 0.1) is 6.92 Å². The molecule has 4 aromatic carbocycles. The number of aryl methyl sites for hydroxylation is 1. The van der Waals surface area contributed by atoms with Gasteiger partial charge in [-0.2, -0.15) is 0 Å². The number of nitrogens with zero attached hydrogens (tertiary/aromatic N) is 2. The van der Waals surface area contributed by atoms with Crippen LogP contribution in [0.4, 0.5) is 5.69 Å². The van der Waals surface area contributed by atoms with Gasteiger partial charge in [0.25, 0.3) is 10.0 Å². The molecule has 1 atom stereocenters. The highest BCUT2D eigenvalue weighted by Crippen LogP contribution is 2.31. The molecule has 0 aliphatic rings. The molecule has 0 unspecified atom stereocenters. The van der Waals surface area contributed by atoms with E-state index >= 15 is 0 Å². The molecule has 0 saturated carbocycles. The fraction of sp³-hybridized carbons (Fsp3) is 0.257. The van der Waals surface area contributed by atoms with Crippen molar-refractivity contribution in [3.8, 4) is 5.75 Å². The molecular formula is C35H37BrClN3O5S. The monoisotopic (exact) mass is 725 g/mol. The predicted octanol–water partition coefficient (Wildman–Crippen LogP) is 6.78. The second-order valence-corrected chi connectivity index (χ2v) is 13.9. The lowest BCUT2D eigenvalue weighted by Gasteiger charge is -2.34. The maximum Gasteiger partial charge on any atom is 0.264 e. The van der Waals surface area contributed by atoms with E-state index in [-0.39, 0.29) is 23.8 Å². The second kappa shape index (κ2) is 16.1. The molecule has 0 aliphatic heterocycles. The number of sulfonamides is 1. The minimum atomic E-state index is -4.26. The van der Waals surface area contributed by atoms with Crippen LogP contribution in [0.3, 0.4) is 0 Å². The third-order valence-corrected chi connectivity index (χ3v) is 10.00. The Hall–Kier alpha value is -3.86. The smallest absolute Gasteiger partial charge is 0.264 e. The molecule has 0 saturated heterocycles. The molecule has 2 amide bonds. The highest BCUT2D eigenvalue weighted by molar-refractivity contribution is 9.10. The molecule has 46 heavy (non-hydrogen) atoms. The first-order chi connectivity index (χ1) is 22.0. The van der Waals surface area contributed by atoms with Crippen molar-refractivity contribution in [1.29, 1.82) is 0 Å². The fourth-order valence-corrected chi connectivity index (χ4v) is 7.27. The Labute approximate surface area is 284 Å². The zero-order valence-corrected chi connectivity index (χ0v) is 29.1. The molecule has 11 heteroatoms. The number of halogens is 2. The highest BCUT2D eigenvalue weighted by Gasteiger charge is 2.34. The number of benzene rings is 4. The molecule has 0 fully saturated rings. The molecule has 0 aromatic heterocycles. The van der Waals surface area contributed by atoms with Gasteiger partial charge in [0.15, 0.2) is 0 Å². The van der Waals surface area contributed by atoms with Gasteiger partial charge in [-0.25, -0.2) is 8.42 Å². The van der Waals surface area contributed by atoms with Gasteiger partial charge >= 0.3 is 0 Å². The summed E-state index contributed by atoms with van der Waals surface area (Å²) < 4.78 is 35.4. The number of hydrogen-bond acceptors (Lipinski definition) is 5. The van der Waals surface area contributed by atoms with Crippen molar-refractivity contribution in [2.45, 2.75) is 44.2 Å². The Morgan fingerprint density at radius 3 is 2.26 bits per heavy atom. The van der Waals surface area contributed by atoms with Crippen LogP contribution in [0.2, 0.25) is 5.02 Å². The van der Waals surface area contributed by atoms with E-state index < -0.39 is 28.5 Å². The SMILES string of the molecule is CCCNC(=O)[C@@H](Cc1ccccc1)N(Cc1cccc(Cl)c1)C(=O)CN(c1ccc(C)cc1)S(=O)(=O)c1ccc(OC)c(Br)c1. The number of methoxy groups -OCH3 is 1. The van der Waals surface area contributed by atoms with E-state index in [1.54, 1.807) is 48.5 Å². The van der Waals surface area contributed by atoms with Crippen LogP contribution in [-0.2, 0) is 32.6 Å². The molecule has 4 rings (SSSR count). The number of carbonyl (C=O) groups excluding carboxylic acids is 2. The zero-order valence-electron chi connectivity index (χ0n) is 26.0. The molecule has 0 bridgehead atoms. The maximum absolute atomic E-state index is 14.5. The topological polar surface area (TPSA) is 96.0 Å². The number of ether oxygens (including phenoxy) is 1. The van der Waals surface area contributed by atoms with Gasteiger partial charge in [-0.15, -0.1) is 0 Å². The van der Waals surface area contributed by atoms with Crippen molar-refractivity contribution in [2.24, 2.45) is 0 Å². The lowest BCUT2D eigenvalue weighted by atomic mass is 10.0. The molecule has 0 aliphatic carbocycles. The number of hydrogen-bond donors (Lipinski definition) is 1. The number of amides is 2. The number of anilines is 1. The summed E-state index contributed by atoms with van der Waals surface area (Å²) in [6.07, 6.45) is 0.939. The van der Waals surface area contributed by atoms with Crippen LogP contribution < -0.4 is 14.4 Å². The van der Waals surface area contributed by atoms with Crippen molar-refractivity contribution in [3.63, 3.8) is 0 Å². The third kappa shape index (κ3) is 8.90. The van der Waals surface area contributed by atoms with Crippen LogP contribution in [0.5, 0.6) is 5.75 Å². The third-order valence-electron chi connectivity index (χ3n) is 7.37. The largest absolute Gasteiger partial charge is 0.496 e. The van der Waals surface area contributed by atoms with Crippen molar-refractivity contribution in [1.82, 2.24) is 10.2 Å². The Kier molecular flexibility index (Phi) is 12.3. The Bertz CT molecular complexity index is 1750. The van der Waals surface area contributed by atoms with E-state index in [9.17, 15) is 18.0 Å². The number of rotatable bonds is 14. The average molecular weight is 727 g/mol. The first-order valence-corrected chi connectivity index (χ1v) is 17.4. The van der Waals surface area contributed by atoms with Gasteiger partial charge in [0, 0.05) is 24.5 Å². The van der Waals surface area contributed by atoms with Gasteiger partial charge in [0.05, 0.1) is 22.2 Å². The summed E-state index contributed by atoms with van der Waals surface area (Å²) >= 11 is 9.68. The van der Waals surface area contributed by atoms with Crippen molar-refractivity contribution in [2.75, 3.05) is 24.5 Å². The lowest BCUT2D eigenvalue weighted by molar-refractivity contribution is -0.140. The van der Waals surface area contributed by atoms with Crippen molar-refractivity contribution in [3.05, 3.63) is 123 Å². The van der Waals surface area contributed by atoms with E-state index in [2.05, 4.69) is 21.2 Å². The van der Waals surface area contributed by atoms with Gasteiger partial charge < -0.3 is 15.0 Å². The van der Waals surface area contributed by atoms with Gasteiger partial charge in [0.1, 0.15) is 18.3 Å². The zero-order chi connectivity index (χ0) is 33.3. The summed E-state index contributed by atoms with van der Waals surface area (Å²) in [5.41, 5.74) is 2.79. The molecule has 242 valence electrons. The molecular weight excluding hydrogens is 690 g/mol. The minimum absolute atomic E-state index is 0.0311. The molecule has 0 heterocycles. The minimum Gasteiger partial charge on any atom is -0.496 e. The van der Waals surface area contributed by atoms with Crippen molar-refractivity contribution < 1.29 is 22.7 Å². The van der Waals surface area contributed by atoms with Crippen LogP contribution >= 0.6 is 27.5 Å². The molecule has 8 nitrogen and oxygen atoms in total. The molecule has 4 aromatic rings. The summed E-state index contributed by atoms with van der Waals surface area (Å²) in [5.74, 6) is -0.416. The summed E-state index contributed by atoms with van der Waals surface area (Å²) in [6.45, 7) is 3.75. The van der Waals surface area contributed by atoms with E-state index in [0.29, 0.717) is 39.5 Å². The molecule has 1 N–H and O–H groups in total. The van der Waals surface area contributed by atoms with E-state index in [1.807, 2.05) is 50.2 Å². The first kappa shape index (κ1) is 35.0. The summed E-state index contributed by atoms with van der Waals surface area (Å²) in [7, 11) is -2.77. The predicted molar refractivity (Wildman–Crippen MR) is 186 cm³/mol. The van der Waals surface area contributed by atoms with E-state index in [0.717, 1.165) is 15.4 Å². The lowest BCUT2D eigenvalue weighted by Crippen LogP contribution is -2.53. The number of carbonyl (C=O) groups is 2. The Balaban J connectivity index is 1.81.